The van der Waals surface area contributed by atoms with Gasteiger partial charge in [0.1, 0.15) is 0 Å². The summed E-state index contributed by atoms with van der Waals surface area (Å²) in [4.78, 5) is 18.4. The van der Waals surface area contributed by atoms with Crippen LogP contribution in [0.1, 0.15) is 12.8 Å². The summed E-state index contributed by atoms with van der Waals surface area (Å²) >= 11 is 5.42. The maximum atomic E-state index is 12.5. The van der Waals surface area contributed by atoms with E-state index in [0.717, 1.165) is 49.7 Å². The third kappa shape index (κ3) is 4.37. The van der Waals surface area contributed by atoms with Gasteiger partial charge in [0, 0.05) is 30.0 Å². The summed E-state index contributed by atoms with van der Waals surface area (Å²) in [6.45, 7) is 2.62. The van der Waals surface area contributed by atoms with Crippen LogP contribution in [0.25, 0.3) is 11.4 Å². The SMILES string of the molecule is O=C(Nc1ccccc1)C1CC[NH+](Cn2[nH]c(-c3ccccc3)nc2=S)CC1. The van der Waals surface area contributed by atoms with Crippen LogP contribution in [0.4, 0.5) is 5.69 Å². The quantitative estimate of drug-likeness (QED) is 0.583. The molecule has 1 aliphatic rings. The zero-order valence-electron chi connectivity index (χ0n) is 15.6. The highest BCUT2D eigenvalue weighted by molar-refractivity contribution is 7.71. The van der Waals surface area contributed by atoms with Crippen molar-refractivity contribution < 1.29 is 9.69 Å². The Morgan fingerprint density at radius 1 is 1.11 bits per heavy atom. The van der Waals surface area contributed by atoms with E-state index in [1.165, 1.54) is 4.90 Å². The topological polar surface area (TPSA) is 67.2 Å². The second-order valence-corrected chi connectivity index (χ2v) is 7.55. The van der Waals surface area contributed by atoms with E-state index in [1.807, 2.05) is 65.3 Å². The minimum Gasteiger partial charge on any atom is -0.326 e. The number of carbonyl (C=O) groups excluding carboxylic acids is 1. The second-order valence-electron chi connectivity index (χ2n) is 7.19. The van der Waals surface area contributed by atoms with Crippen molar-refractivity contribution in [2.24, 2.45) is 5.92 Å². The minimum absolute atomic E-state index is 0.0681. The van der Waals surface area contributed by atoms with Crippen molar-refractivity contribution in [2.45, 2.75) is 19.5 Å². The molecule has 0 atom stereocenters. The largest absolute Gasteiger partial charge is 0.326 e. The van der Waals surface area contributed by atoms with Crippen LogP contribution in [0.5, 0.6) is 0 Å². The van der Waals surface area contributed by atoms with Crippen molar-refractivity contribution in [2.75, 3.05) is 18.4 Å². The van der Waals surface area contributed by atoms with E-state index in [0.29, 0.717) is 4.77 Å². The molecule has 1 aliphatic heterocycles. The third-order valence-corrected chi connectivity index (χ3v) is 5.52. The van der Waals surface area contributed by atoms with Crippen LogP contribution >= 0.6 is 12.2 Å². The van der Waals surface area contributed by atoms with Gasteiger partial charge in [0.15, 0.2) is 12.5 Å². The second kappa shape index (κ2) is 8.50. The molecule has 144 valence electrons. The molecule has 4 rings (SSSR count). The van der Waals surface area contributed by atoms with E-state index < -0.39 is 0 Å². The molecule has 6 nitrogen and oxygen atoms in total. The summed E-state index contributed by atoms with van der Waals surface area (Å²) in [6, 6.07) is 19.6. The Labute approximate surface area is 169 Å². The number of H-pyrrole nitrogens is 1. The Bertz CT molecular complexity index is 975. The Morgan fingerprint density at radius 2 is 1.75 bits per heavy atom. The van der Waals surface area contributed by atoms with Gasteiger partial charge in [0.05, 0.1) is 13.1 Å². The number of hydrogen-bond donors (Lipinski definition) is 3. The number of aromatic nitrogens is 3. The summed E-state index contributed by atoms with van der Waals surface area (Å²) in [6.07, 6.45) is 1.75. The molecular weight excluding hydrogens is 370 g/mol. The molecule has 2 aromatic carbocycles. The lowest BCUT2D eigenvalue weighted by atomic mass is 9.96. The number of rotatable bonds is 5. The number of benzene rings is 2. The lowest BCUT2D eigenvalue weighted by molar-refractivity contribution is -0.928. The molecular formula is C21H24N5OS+. The highest BCUT2D eigenvalue weighted by Crippen LogP contribution is 2.15. The first-order chi connectivity index (χ1) is 13.7. The van der Waals surface area contributed by atoms with Gasteiger partial charge in [0.2, 0.25) is 10.7 Å². The van der Waals surface area contributed by atoms with E-state index in [9.17, 15) is 4.79 Å². The standard InChI is InChI=1S/C21H23N5OS/c27-20(22-18-9-5-2-6-10-18)17-11-13-25(14-12-17)15-26-21(28)23-19(24-26)16-7-3-1-4-8-16/h1-10,17H,11-15H2,(H,22,27)(H,23,24,28)/p+1. The fourth-order valence-corrected chi connectivity index (χ4v) is 3.83. The Hall–Kier alpha value is -2.77. The smallest absolute Gasteiger partial charge is 0.227 e. The lowest BCUT2D eigenvalue weighted by Crippen LogP contribution is -3.12. The van der Waals surface area contributed by atoms with Crippen molar-refractivity contribution >= 4 is 23.8 Å². The zero-order chi connectivity index (χ0) is 19.3. The van der Waals surface area contributed by atoms with Gasteiger partial charge in [-0.05, 0) is 24.4 Å². The molecule has 3 N–H and O–H groups in total. The van der Waals surface area contributed by atoms with Gasteiger partial charge < -0.3 is 10.2 Å². The van der Waals surface area contributed by atoms with Gasteiger partial charge in [-0.25, -0.2) is 4.68 Å². The van der Waals surface area contributed by atoms with Crippen LogP contribution in [0, 0.1) is 10.7 Å². The van der Waals surface area contributed by atoms with E-state index >= 15 is 0 Å². The van der Waals surface area contributed by atoms with Crippen LogP contribution in [-0.2, 0) is 11.5 Å². The molecule has 0 unspecified atom stereocenters. The molecule has 1 aromatic heterocycles. The van der Waals surface area contributed by atoms with E-state index in [1.54, 1.807) is 0 Å². The fourth-order valence-electron chi connectivity index (χ4n) is 3.62. The third-order valence-electron chi connectivity index (χ3n) is 5.21. The number of aromatic amines is 1. The van der Waals surface area contributed by atoms with Crippen molar-refractivity contribution in [3.63, 3.8) is 0 Å². The van der Waals surface area contributed by atoms with Gasteiger partial charge in [0.25, 0.3) is 0 Å². The van der Waals surface area contributed by atoms with Gasteiger partial charge in [-0.15, -0.1) is 0 Å². The van der Waals surface area contributed by atoms with Crippen molar-refractivity contribution in [1.29, 1.82) is 0 Å². The number of anilines is 1. The van der Waals surface area contributed by atoms with Crippen molar-refractivity contribution in [1.82, 2.24) is 14.8 Å². The number of nitrogens with zero attached hydrogens (tertiary/aromatic N) is 2. The van der Waals surface area contributed by atoms with Gasteiger partial charge in [-0.1, -0.05) is 48.5 Å². The predicted molar refractivity (Wildman–Crippen MR) is 111 cm³/mol. The Kier molecular flexibility index (Phi) is 5.64. The molecule has 1 fully saturated rings. The summed E-state index contributed by atoms with van der Waals surface area (Å²) < 4.78 is 2.49. The minimum atomic E-state index is 0.0681. The van der Waals surface area contributed by atoms with Crippen LogP contribution in [0.2, 0.25) is 0 Å². The van der Waals surface area contributed by atoms with Crippen LogP contribution in [0.15, 0.2) is 60.7 Å². The molecule has 7 heteroatoms. The Balaban J connectivity index is 1.33. The van der Waals surface area contributed by atoms with Crippen molar-refractivity contribution in [3.05, 3.63) is 65.4 Å². The molecule has 0 saturated carbocycles. The highest BCUT2D eigenvalue weighted by Gasteiger charge is 2.27. The summed E-state index contributed by atoms with van der Waals surface area (Å²) in [5, 5.41) is 6.33. The Morgan fingerprint density at radius 3 is 2.43 bits per heavy atom. The van der Waals surface area contributed by atoms with E-state index in [-0.39, 0.29) is 11.8 Å². The average molecular weight is 395 g/mol. The molecule has 3 aromatic rings. The maximum Gasteiger partial charge on any atom is 0.227 e. The summed E-state index contributed by atoms with van der Waals surface area (Å²) in [5.74, 6) is 0.982. The van der Waals surface area contributed by atoms with Crippen LogP contribution in [-0.4, -0.2) is 33.8 Å². The average Bonchev–Trinajstić information content (AvgIpc) is 3.10. The number of piperidine rings is 1. The van der Waals surface area contributed by atoms with Crippen LogP contribution in [0.3, 0.4) is 0 Å². The normalized spacial score (nSPS) is 19.3. The fraction of sp³-hybridized carbons (Fsp3) is 0.286. The van der Waals surface area contributed by atoms with Gasteiger partial charge >= 0.3 is 0 Å². The number of carbonyl (C=O) groups is 1. The first-order valence-electron chi connectivity index (χ1n) is 9.61. The molecule has 2 heterocycles. The molecule has 0 radical (unpaired) electrons. The number of quaternary nitrogens is 1. The molecule has 1 amide bonds. The molecule has 1 saturated heterocycles. The number of nitrogens with one attached hydrogen (secondary N) is 3. The van der Waals surface area contributed by atoms with Gasteiger partial charge in [-0.3, -0.25) is 9.89 Å². The number of para-hydroxylation sites is 1. The first-order valence-corrected chi connectivity index (χ1v) is 10.0. The van der Waals surface area contributed by atoms with Crippen LogP contribution < -0.4 is 10.2 Å². The maximum absolute atomic E-state index is 12.5. The summed E-state index contributed by atoms with van der Waals surface area (Å²) in [7, 11) is 0. The van der Waals surface area contributed by atoms with E-state index in [2.05, 4.69) is 15.4 Å². The van der Waals surface area contributed by atoms with Gasteiger partial charge in [-0.2, -0.15) is 4.98 Å². The number of amides is 1. The molecule has 0 spiro atoms. The summed E-state index contributed by atoms with van der Waals surface area (Å²) in [5.41, 5.74) is 1.89. The number of likely N-dealkylation sites (tertiary alicyclic amines) is 1. The highest BCUT2D eigenvalue weighted by atomic mass is 32.1. The monoisotopic (exact) mass is 394 g/mol. The molecule has 28 heavy (non-hydrogen) atoms. The first kappa shape index (κ1) is 18.6. The van der Waals surface area contributed by atoms with Crippen molar-refractivity contribution in [3.8, 4) is 11.4 Å². The van der Waals surface area contributed by atoms with E-state index in [4.69, 9.17) is 12.2 Å². The molecule has 0 bridgehead atoms. The lowest BCUT2D eigenvalue weighted by Gasteiger charge is -2.28. The molecule has 0 aliphatic carbocycles. The number of hydrogen-bond acceptors (Lipinski definition) is 3. The predicted octanol–water partition coefficient (Wildman–Crippen LogP) is 2.50. The zero-order valence-corrected chi connectivity index (χ0v) is 16.4.